The number of benzene rings is 1. The van der Waals surface area contributed by atoms with Crippen molar-refractivity contribution in [1.29, 1.82) is 0 Å². The molecule has 3 heterocycles. The monoisotopic (exact) mass is 464 g/mol. The maximum Gasteiger partial charge on any atom is 0.433 e. The first-order valence-electron chi connectivity index (χ1n) is 10.1. The zero-order chi connectivity index (χ0) is 22.6. The summed E-state index contributed by atoms with van der Waals surface area (Å²) in [6, 6.07) is 9.14. The summed E-state index contributed by atoms with van der Waals surface area (Å²) in [6.45, 7) is 1.48. The van der Waals surface area contributed by atoms with Crippen molar-refractivity contribution in [3.63, 3.8) is 0 Å². The maximum absolute atomic E-state index is 13.1. The summed E-state index contributed by atoms with van der Waals surface area (Å²) >= 11 is 6.27. The molecule has 1 aromatic carbocycles. The van der Waals surface area contributed by atoms with Gasteiger partial charge in [0.15, 0.2) is 5.82 Å². The number of anilines is 3. The van der Waals surface area contributed by atoms with Crippen molar-refractivity contribution in [2.24, 2.45) is 0 Å². The van der Waals surface area contributed by atoms with Crippen molar-refractivity contribution in [3.8, 4) is 11.5 Å². The molecule has 0 saturated carbocycles. The third-order valence-corrected chi connectivity index (χ3v) is 4.87. The molecule has 0 radical (unpaired) electrons. The van der Waals surface area contributed by atoms with Crippen molar-refractivity contribution in [2.45, 2.75) is 25.4 Å². The Morgan fingerprint density at radius 1 is 0.938 bits per heavy atom. The van der Waals surface area contributed by atoms with Gasteiger partial charge in [0.25, 0.3) is 0 Å². The zero-order valence-corrected chi connectivity index (χ0v) is 17.7. The summed E-state index contributed by atoms with van der Waals surface area (Å²) in [5, 5.41) is 6.66. The van der Waals surface area contributed by atoms with E-state index in [9.17, 15) is 13.2 Å². The minimum atomic E-state index is -4.58. The molecule has 4 bridgehead atoms. The van der Waals surface area contributed by atoms with Crippen LogP contribution in [0, 0.1) is 0 Å². The molecular formula is C21H20ClF3N6O. The molecule has 168 valence electrons. The number of hydrogen-bond acceptors (Lipinski definition) is 7. The largest absolute Gasteiger partial charge is 0.433 e. The molecule has 0 unspecified atom stereocenters. The standard InChI is InChI=1S/C21H20ClF3N6O/c22-14-10-13-4-1-2-8-32-9-7-26-19-29-18(30-20(31-19)27-15(11-13)12-14)16-5-3-6-17(28-16)21(23,24)25/h3,5-6,10-12H,1-2,4,7-9H2,(H2,26,27,29,30,31). The van der Waals surface area contributed by atoms with Crippen LogP contribution in [0.2, 0.25) is 5.02 Å². The van der Waals surface area contributed by atoms with Gasteiger partial charge in [-0.2, -0.15) is 28.1 Å². The number of alkyl halides is 3. The van der Waals surface area contributed by atoms with Crippen LogP contribution in [0.25, 0.3) is 11.5 Å². The van der Waals surface area contributed by atoms with Crippen LogP contribution in [0.4, 0.5) is 30.8 Å². The van der Waals surface area contributed by atoms with Crippen LogP contribution in [0.5, 0.6) is 0 Å². The number of ether oxygens (including phenoxy) is 1. The fourth-order valence-electron chi connectivity index (χ4n) is 3.21. The van der Waals surface area contributed by atoms with Crippen LogP contribution >= 0.6 is 11.6 Å². The highest BCUT2D eigenvalue weighted by atomic mass is 35.5. The Labute approximate surface area is 187 Å². The molecule has 1 aliphatic rings. The highest BCUT2D eigenvalue weighted by Gasteiger charge is 2.32. The van der Waals surface area contributed by atoms with Crippen molar-refractivity contribution in [3.05, 3.63) is 52.7 Å². The highest BCUT2D eigenvalue weighted by Crippen LogP contribution is 2.29. The molecule has 3 aromatic rings. The van der Waals surface area contributed by atoms with E-state index in [1.54, 1.807) is 6.07 Å². The quantitative estimate of drug-likeness (QED) is 0.517. The van der Waals surface area contributed by atoms with E-state index in [4.69, 9.17) is 16.3 Å². The van der Waals surface area contributed by atoms with Gasteiger partial charge in [0.05, 0.1) is 6.61 Å². The second-order valence-electron chi connectivity index (χ2n) is 7.18. The van der Waals surface area contributed by atoms with Crippen molar-refractivity contribution in [2.75, 3.05) is 30.4 Å². The molecule has 4 rings (SSSR count). The van der Waals surface area contributed by atoms with E-state index >= 15 is 0 Å². The van der Waals surface area contributed by atoms with Gasteiger partial charge in [-0.25, -0.2) is 4.98 Å². The number of fused-ring (bicyclic) bond motifs is 4. The third kappa shape index (κ3) is 5.83. The fourth-order valence-corrected chi connectivity index (χ4v) is 3.47. The number of aromatic nitrogens is 4. The van der Waals surface area contributed by atoms with Crippen molar-refractivity contribution in [1.82, 2.24) is 19.9 Å². The Kier molecular flexibility index (Phi) is 6.71. The normalized spacial score (nSPS) is 15.1. The minimum absolute atomic E-state index is 0.00332. The van der Waals surface area contributed by atoms with Crippen molar-refractivity contribution >= 4 is 29.2 Å². The average molecular weight is 465 g/mol. The van der Waals surface area contributed by atoms with E-state index in [1.165, 1.54) is 12.1 Å². The first-order valence-corrected chi connectivity index (χ1v) is 10.4. The van der Waals surface area contributed by atoms with Gasteiger partial charge in [0.1, 0.15) is 11.4 Å². The van der Waals surface area contributed by atoms with E-state index in [0.29, 0.717) is 30.5 Å². The first kappa shape index (κ1) is 22.2. The van der Waals surface area contributed by atoms with Gasteiger partial charge in [-0.15, -0.1) is 0 Å². The molecular weight excluding hydrogens is 445 g/mol. The number of hydrogen-bond donors (Lipinski definition) is 2. The average Bonchev–Trinajstić information content (AvgIpc) is 2.74. The Balaban J connectivity index is 1.73. The van der Waals surface area contributed by atoms with E-state index in [0.717, 1.165) is 30.9 Å². The summed E-state index contributed by atoms with van der Waals surface area (Å²) in [5.41, 5.74) is 0.667. The zero-order valence-electron chi connectivity index (χ0n) is 16.9. The second kappa shape index (κ2) is 9.66. The van der Waals surface area contributed by atoms with Gasteiger partial charge in [0, 0.05) is 23.9 Å². The lowest BCUT2D eigenvalue weighted by molar-refractivity contribution is -0.141. The molecule has 0 saturated heterocycles. The lowest BCUT2D eigenvalue weighted by Crippen LogP contribution is -2.14. The van der Waals surface area contributed by atoms with E-state index < -0.39 is 11.9 Å². The van der Waals surface area contributed by atoms with E-state index in [-0.39, 0.29) is 23.4 Å². The van der Waals surface area contributed by atoms with Gasteiger partial charge < -0.3 is 15.4 Å². The van der Waals surface area contributed by atoms with Gasteiger partial charge in [-0.05, 0) is 55.2 Å². The molecule has 32 heavy (non-hydrogen) atoms. The molecule has 0 fully saturated rings. The molecule has 0 spiro atoms. The molecule has 0 amide bonds. The predicted molar refractivity (Wildman–Crippen MR) is 115 cm³/mol. The number of nitrogens with one attached hydrogen (secondary N) is 2. The Morgan fingerprint density at radius 2 is 1.78 bits per heavy atom. The number of pyridine rings is 1. The third-order valence-electron chi connectivity index (χ3n) is 4.65. The SMILES string of the molecule is FC(F)(F)c1cccc(-c2nc3nc(n2)Nc2cc(Cl)cc(c2)CCCCOCCN3)n1. The smallest absolute Gasteiger partial charge is 0.380 e. The van der Waals surface area contributed by atoms with E-state index in [1.807, 2.05) is 12.1 Å². The van der Waals surface area contributed by atoms with Crippen LogP contribution in [0.1, 0.15) is 24.1 Å². The summed E-state index contributed by atoms with van der Waals surface area (Å²) in [4.78, 5) is 16.6. The summed E-state index contributed by atoms with van der Waals surface area (Å²) in [5.74, 6) is 0.349. The first-order chi connectivity index (χ1) is 15.4. The molecule has 2 N–H and O–H groups in total. The molecule has 7 nitrogen and oxygen atoms in total. The topological polar surface area (TPSA) is 84.9 Å². The molecule has 1 aliphatic heterocycles. The van der Waals surface area contributed by atoms with Crippen LogP contribution in [-0.2, 0) is 17.3 Å². The van der Waals surface area contributed by atoms with Crippen LogP contribution in [-0.4, -0.2) is 39.7 Å². The van der Waals surface area contributed by atoms with Crippen LogP contribution in [0.15, 0.2) is 36.4 Å². The summed E-state index contributed by atoms with van der Waals surface area (Å²) in [7, 11) is 0. The molecule has 11 heteroatoms. The Hall–Kier alpha value is -2.98. The number of nitrogens with zero attached hydrogens (tertiary/aromatic N) is 4. The molecule has 2 aromatic heterocycles. The molecule has 0 aliphatic carbocycles. The summed E-state index contributed by atoms with van der Waals surface area (Å²) < 4.78 is 45.0. The van der Waals surface area contributed by atoms with Gasteiger partial charge in [0.2, 0.25) is 11.9 Å². The lowest BCUT2D eigenvalue weighted by atomic mass is 10.1. The Bertz CT molecular complexity index is 1100. The number of rotatable bonds is 1. The summed E-state index contributed by atoms with van der Waals surface area (Å²) in [6.07, 6.45) is -1.89. The maximum atomic E-state index is 13.1. The second-order valence-corrected chi connectivity index (χ2v) is 7.62. The van der Waals surface area contributed by atoms with Gasteiger partial charge >= 0.3 is 6.18 Å². The lowest BCUT2D eigenvalue weighted by Gasteiger charge is -2.12. The van der Waals surface area contributed by atoms with Gasteiger partial charge in [-0.3, -0.25) is 0 Å². The van der Waals surface area contributed by atoms with Crippen molar-refractivity contribution < 1.29 is 17.9 Å². The van der Waals surface area contributed by atoms with Crippen LogP contribution < -0.4 is 10.6 Å². The van der Waals surface area contributed by atoms with Crippen LogP contribution in [0.3, 0.4) is 0 Å². The fraction of sp³-hybridized carbons (Fsp3) is 0.333. The Morgan fingerprint density at radius 3 is 2.62 bits per heavy atom. The predicted octanol–water partition coefficient (Wildman–Crippen LogP) is 5.11. The molecule has 0 atom stereocenters. The highest BCUT2D eigenvalue weighted by molar-refractivity contribution is 6.30. The minimum Gasteiger partial charge on any atom is -0.380 e. The van der Waals surface area contributed by atoms with E-state index in [2.05, 4.69) is 30.6 Å². The number of halogens is 4. The number of aryl methyl sites for hydroxylation is 1. The van der Waals surface area contributed by atoms with Gasteiger partial charge in [-0.1, -0.05) is 17.7 Å².